The number of ether oxygens (including phenoxy) is 1. The van der Waals surface area contributed by atoms with Crippen LogP contribution in [0, 0.1) is 10.1 Å². The first-order valence-corrected chi connectivity index (χ1v) is 7.23. The molecule has 1 aliphatic rings. The van der Waals surface area contributed by atoms with Crippen molar-refractivity contribution < 1.29 is 9.66 Å². The molecule has 1 aromatic carbocycles. The Morgan fingerprint density at radius 2 is 2.10 bits per heavy atom. The van der Waals surface area contributed by atoms with Crippen LogP contribution in [0.15, 0.2) is 18.2 Å². The third-order valence-corrected chi connectivity index (χ3v) is 3.77. The summed E-state index contributed by atoms with van der Waals surface area (Å²) in [6.07, 6.45) is 5.56. The van der Waals surface area contributed by atoms with E-state index in [1.165, 1.54) is 18.9 Å². The molecule has 110 valence electrons. The molecule has 5 nitrogen and oxygen atoms in total. The van der Waals surface area contributed by atoms with Crippen LogP contribution in [0.4, 0.5) is 11.4 Å². The molecular formula is C15H22N2O3. The zero-order chi connectivity index (χ0) is 14.6. The first-order chi connectivity index (χ1) is 9.54. The van der Waals surface area contributed by atoms with Gasteiger partial charge in [-0.25, -0.2) is 0 Å². The summed E-state index contributed by atoms with van der Waals surface area (Å²) in [7, 11) is 0. The second kappa shape index (κ2) is 6.11. The summed E-state index contributed by atoms with van der Waals surface area (Å²) in [5.74, 6) is 0.350. The molecular weight excluding hydrogens is 256 g/mol. The molecule has 0 amide bonds. The van der Waals surface area contributed by atoms with Gasteiger partial charge in [-0.3, -0.25) is 10.1 Å². The van der Waals surface area contributed by atoms with Crippen LogP contribution in [0.25, 0.3) is 0 Å². The lowest BCUT2D eigenvalue weighted by Gasteiger charge is -2.26. The third kappa shape index (κ3) is 3.40. The number of rotatable bonds is 6. The quantitative estimate of drug-likeness (QED) is 0.627. The molecule has 0 heterocycles. The van der Waals surface area contributed by atoms with Gasteiger partial charge < -0.3 is 10.1 Å². The van der Waals surface area contributed by atoms with Crippen LogP contribution in [0.3, 0.4) is 0 Å². The molecule has 0 aromatic heterocycles. The third-order valence-electron chi connectivity index (χ3n) is 3.77. The van der Waals surface area contributed by atoms with E-state index in [-0.39, 0.29) is 11.2 Å². The number of hydrogen-bond acceptors (Lipinski definition) is 4. The van der Waals surface area contributed by atoms with Crippen LogP contribution in [0.5, 0.6) is 5.75 Å². The van der Waals surface area contributed by atoms with Gasteiger partial charge in [0, 0.05) is 23.4 Å². The van der Waals surface area contributed by atoms with Crippen molar-refractivity contribution >= 4 is 11.4 Å². The van der Waals surface area contributed by atoms with Crippen LogP contribution in [0.1, 0.15) is 46.0 Å². The highest BCUT2D eigenvalue weighted by Crippen LogP contribution is 2.35. The Balaban J connectivity index is 2.19. The molecule has 0 saturated heterocycles. The van der Waals surface area contributed by atoms with Gasteiger partial charge in [-0.1, -0.05) is 19.8 Å². The van der Waals surface area contributed by atoms with E-state index in [1.807, 2.05) is 6.92 Å². The van der Waals surface area contributed by atoms with E-state index in [0.29, 0.717) is 12.4 Å². The molecule has 1 aromatic rings. The van der Waals surface area contributed by atoms with Gasteiger partial charge in [0.1, 0.15) is 0 Å². The highest BCUT2D eigenvalue weighted by molar-refractivity contribution is 5.59. The molecule has 0 unspecified atom stereocenters. The van der Waals surface area contributed by atoms with E-state index in [0.717, 1.165) is 24.9 Å². The summed E-state index contributed by atoms with van der Waals surface area (Å²) >= 11 is 0. The summed E-state index contributed by atoms with van der Waals surface area (Å²) in [5.41, 5.74) is 1.02. The largest absolute Gasteiger partial charge is 0.487 e. The van der Waals surface area contributed by atoms with Crippen LogP contribution in [-0.2, 0) is 0 Å². The van der Waals surface area contributed by atoms with E-state index >= 15 is 0 Å². The average Bonchev–Trinajstić information content (AvgIpc) is 2.82. The normalized spacial score (nSPS) is 16.9. The van der Waals surface area contributed by atoms with Crippen molar-refractivity contribution in [3.8, 4) is 5.75 Å². The molecule has 0 atom stereocenters. The molecule has 0 spiro atoms. The fourth-order valence-corrected chi connectivity index (χ4v) is 2.70. The van der Waals surface area contributed by atoms with Crippen molar-refractivity contribution in [2.24, 2.45) is 0 Å². The number of nitrogens with zero attached hydrogens (tertiary/aromatic N) is 1. The van der Waals surface area contributed by atoms with Gasteiger partial charge in [-0.15, -0.1) is 0 Å². The first kappa shape index (κ1) is 14.6. The van der Waals surface area contributed by atoms with Crippen LogP contribution >= 0.6 is 0 Å². The number of nitro benzene ring substituents is 1. The zero-order valence-electron chi connectivity index (χ0n) is 12.1. The highest BCUT2D eigenvalue weighted by Gasteiger charge is 2.28. The van der Waals surface area contributed by atoms with E-state index < -0.39 is 4.92 Å². The summed E-state index contributed by atoms with van der Waals surface area (Å²) in [4.78, 5) is 10.6. The van der Waals surface area contributed by atoms with Crippen molar-refractivity contribution in [2.75, 3.05) is 11.9 Å². The van der Waals surface area contributed by atoms with Gasteiger partial charge in [-0.05, 0) is 32.3 Å². The molecule has 20 heavy (non-hydrogen) atoms. The van der Waals surface area contributed by atoms with Crippen LogP contribution in [-0.4, -0.2) is 17.1 Å². The lowest BCUT2D eigenvalue weighted by atomic mass is 10.0. The van der Waals surface area contributed by atoms with Gasteiger partial charge in [-0.2, -0.15) is 0 Å². The Morgan fingerprint density at radius 3 is 2.70 bits per heavy atom. The summed E-state index contributed by atoms with van der Waals surface area (Å²) in [6, 6.07) is 5.03. The lowest BCUT2D eigenvalue weighted by Crippen LogP contribution is -2.30. The van der Waals surface area contributed by atoms with Gasteiger partial charge in [0.2, 0.25) is 0 Å². The summed E-state index contributed by atoms with van der Waals surface area (Å²) < 4.78 is 5.50. The first-order valence-electron chi connectivity index (χ1n) is 7.23. The van der Waals surface area contributed by atoms with Gasteiger partial charge in [0.15, 0.2) is 5.75 Å². The molecule has 1 aliphatic carbocycles. The maximum absolute atomic E-state index is 11.0. The fourth-order valence-electron chi connectivity index (χ4n) is 2.70. The van der Waals surface area contributed by atoms with Gasteiger partial charge in [0.25, 0.3) is 0 Å². The number of anilines is 1. The number of benzene rings is 1. The minimum Gasteiger partial charge on any atom is -0.487 e. The average molecular weight is 278 g/mol. The van der Waals surface area contributed by atoms with Crippen LogP contribution < -0.4 is 10.1 Å². The van der Waals surface area contributed by atoms with Crippen molar-refractivity contribution in [1.29, 1.82) is 0 Å². The SMILES string of the molecule is CCCOc1cc(NC2(C)CCCC2)ccc1[N+](=O)[O-]. The molecule has 1 N–H and O–H groups in total. The number of nitrogens with one attached hydrogen (secondary N) is 1. The van der Waals surface area contributed by atoms with E-state index in [1.54, 1.807) is 12.1 Å². The Labute approximate surface area is 119 Å². The summed E-state index contributed by atoms with van der Waals surface area (Å²) in [5, 5.41) is 14.5. The van der Waals surface area contributed by atoms with Crippen molar-refractivity contribution in [3.63, 3.8) is 0 Å². The monoisotopic (exact) mass is 278 g/mol. The summed E-state index contributed by atoms with van der Waals surface area (Å²) in [6.45, 7) is 4.67. The van der Waals surface area contributed by atoms with E-state index in [9.17, 15) is 10.1 Å². The zero-order valence-corrected chi connectivity index (χ0v) is 12.1. The maximum Gasteiger partial charge on any atom is 0.311 e. The maximum atomic E-state index is 11.0. The molecule has 2 rings (SSSR count). The highest BCUT2D eigenvalue weighted by atomic mass is 16.6. The van der Waals surface area contributed by atoms with Gasteiger partial charge in [0.05, 0.1) is 11.5 Å². The second-order valence-corrected chi connectivity index (χ2v) is 5.68. The predicted octanol–water partition coefficient (Wildman–Crippen LogP) is 4.13. The predicted molar refractivity (Wildman–Crippen MR) is 79.4 cm³/mol. The van der Waals surface area contributed by atoms with Gasteiger partial charge >= 0.3 is 5.69 Å². The smallest absolute Gasteiger partial charge is 0.311 e. The molecule has 0 radical (unpaired) electrons. The standard InChI is InChI=1S/C15H22N2O3/c1-3-10-20-14-11-12(6-7-13(14)17(18)19)16-15(2)8-4-5-9-15/h6-7,11,16H,3-5,8-10H2,1-2H3. The Kier molecular flexibility index (Phi) is 4.47. The number of nitro groups is 1. The van der Waals surface area contributed by atoms with E-state index in [2.05, 4.69) is 12.2 Å². The molecule has 1 saturated carbocycles. The second-order valence-electron chi connectivity index (χ2n) is 5.68. The Bertz CT molecular complexity index is 482. The van der Waals surface area contributed by atoms with Crippen LogP contribution in [0.2, 0.25) is 0 Å². The minimum atomic E-state index is -0.397. The lowest BCUT2D eigenvalue weighted by molar-refractivity contribution is -0.385. The molecule has 5 heteroatoms. The topological polar surface area (TPSA) is 64.4 Å². The Morgan fingerprint density at radius 1 is 1.40 bits per heavy atom. The molecule has 0 bridgehead atoms. The number of hydrogen-bond donors (Lipinski definition) is 1. The van der Waals surface area contributed by atoms with E-state index in [4.69, 9.17) is 4.74 Å². The van der Waals surface area contributed by atoms with Crippen molar-refractivity contribution in [2.45, 2.75) is 51.5 Å². The van der Waals surface area contributed by atoms with Crippen molar-refractivity contribution in [3.05, 3.63) is 28.3 Å². The molecule has 1 fully saturated rings. The molecule has 0 aliphatic heterocycles. The fraction of sp³-hybridized carbons (Fsp3) is 0.600. The van der Waals surface area contributed by atoms with Crippen molar-refractivity contribution in [1.82, 2.24) is 0 Å². The minimum absolute atomic E-state index is 0.0283. The Hall–Kier alpha value is -1.78.